The number of hydrogen-bond acceptors (Lipinski definition) is 4. The van der Waals surface area contributed by atoms with Crippen molar-refractivity contribution in [2.75, 3.05) is 24.7 Å². The number of rotatable bonds is 3. The largest absolute Gasteiger partial charge is 0.396 e. The van der Waals surface area contributed by atoms with Gasteiger partial charge in [0.2, 0.25) is 0 Å². The summed E-state index contributed by atoms with van der Waals surface area (Å²) in [7, 11) is 0. The molecule has 1 saturated heterocycles. The van der Waals surface area contributed by atoms with Crippen molar-refractivity contribution in [3.63, 3.8) is 0 Å². The molecule has 0 aromatic carbocycles. The van der Waals surface area contributed by atoms with Crippen molar-refractivity contribution in [3.8, 4) is 0 Å². The molecule has 2 heterocycles. The number of thiophene rings is 1. The van der Waals surface area contributed by atoms with E-state index in [2.05, 4.69) is 0 Å². The van der Waals surface area contributed by atoms with Crippen LogP contribution in [0, 0.1) is 0 Å². The van der Waals surface area contributed by atoms with Crippen LogP contribution in [0.5, 0.6) is 0 Å². The van der Waals surface area contributed by atoms with Gasteiger partial charge in [-0.25, -0.2) is 0 Å². The minimum Gasteiger partial charge on any atom is -0.396 e. The van der Waals surface area contributed by atoms with Crippen LogP contribution in [0.2, 0.25) is 8.67 Å². The molecule has 1 N–H and O–H groups in total. The van der Waals surface area contributed by atoms with Crippen LogP contribution in [-0.2, 0) is 0 Å². The van der Waals surface area contributed by atoms with Crippen molar-refractivity contribution in [1.82, 2.24) is 4.90 Å². The number of nitrogens with zero attached hydrogens (tertiary/aromatic N) is 1. The molecule has 1 aliphatic rings. The minimum atomic E-state index is -0.0816. The Morgan fingerprint density at radius 3 is 2.94 bits per heavy atom. The Morgan fingerprint density at radius 1 is 1.56 bits per heavy atom. The van der Waals surface area contributed by atoms with Gasteiger partial charge in [0.1, 0.15) is 4.34 Å². The molecule has 100 valence electrons. The first-order chi connectivity index (χ1) is 8.63. The van der Waals surface area contributed by atoms with Gasteiger partial charge in [-0.05, 0) is 12.5 Å². The lowest BCUT2D eigenvalue weighted by Crippen LogP contribution is -2.46. The SMILES string of the molecule is O=C(c1cc(Cl)sc1Cl)N1CCSCC1CCO. The zero-order chi connectivity index (χ0) is 13.1. The van der Waals surface area contributed by atoms with E-state index in [1.54, 1.807) is 11.0 Å². The second-order valence-electron chi connectivity index (χ2n) is 3.98. The molecule has 1 aromatic heterocycles. The van der Waals surface area contributed by atoms with E-state index < -0.39 is 0 Å². The molecular formula is C11H13Cl2NO2S2. The Bertz CT molecular complexity index is 437. The second-order valence-corrected chi connectivity index (χ2v) is 7.41. The predicted octanol–water partition coefficient (Wildman–Crippen LogP) is 2.99. The van der Waals surface area contributed by atoms with Gasteiger partial charge >= 0.3 is 0 Å². The first kappa shape index (κ1) is 14.5. The first-order valence-corrected chi connectivity index (χ1v) is 8.30. The van der Waals surface area contributed by atoms with Crippen LogP contribution < -0.4 is 0 Å². The van der Waals surface area contributed by atoms with Gasteiger partial charge in [-0.1, -0.05) is 23.2 Å². The van der Waals surface area contributed by atoms with E-state index >= 15 is 0 Å². The Balaban J connectivity index is 2.18. The zero-order valence-electron chi connectivity index (χ0n) is 9.57. The maximum Gasteiger partial charge on any atom is 0.256 e. The normalized spacial score (nSPS) is 20.2. The molecule has 7 heteroatoms. The quantitative estimate of drug-likeness (QED) is 0.928. The van der Waals surface area contributed by atoms with Crippen molar-refractivity contribution < 1.29 is 9.90 Å². The summed E-state index contributed by atoms with van der Waals surface area (Å²) in [6.07, 6.45) is 0.605. The number of aliphatic hydroxyl groups is 1. The molecule has 1 amide bonds. The molecule has 0 spiro atoms. The van der Waals surface area contributed by atoms with Crippen LogP contribution in [-0.4, -0.2) is 46.6 Å². The molecule has 0 saturated carbocycles. The van der Waals surface area contributed by atoms with Crippen LogP contribution >= 0.6 is 46.3 Å². The van der Waals surface area contributed by atoms with E-state index in [4.69, 9.17) is 28.3 Å². The highest BCUT2D eigenvalue weighted by Crippen LogP contribution is 2.33. The summed E-state index contributed by atoms with van der Waals surface area (Å²) in [5, 5.41) is 9.05. The lowest BCUT2D eigenvalue weighted by atomic mass is 10.1. The van der Waals surface area contributed by atoms with Gasteiger partial charge in [-0.2, -0.15) is 11.8 Å². The third kappa shape index (κ3) is 3.14. The summed E-state index contributed by atoms with van der Waals surface area (Å²) in [6, 6.07) is 1.70. The second kappa shape index (κ2) is 6.48. The molecule has 1 aromatic rings. The smallest absolute Gasteiger partial charge is 0.256 e. The number of halogens is 2. The maximum absolute atomic E-state index is 12.4. The molecular weight excluding hydrogens is 313 g/mol. The van der Waals surface area contributed by atoms with Gasteiger partial charge in [-0.3, -0.25) is 4.79 Å². The van der Waals surface area contributed by atoms with E-state index in [9.17, 15) is 4.79 Å². The van der Waals surface area contributed by atoms with Crippen molar-refractivity contribution >= 4 is 52.2 Å². The summed E-state index contributed by atoms with van der Waals surface area (Å²) in [5.41, 5.74) is 0.474. The molecule has 1 atom stereocenters. The molecule has 0 bridgehead atoms. The van der Waals surface area contributed by atoms with Gasteiger partial charge in [0.05, 0.1) is 9.90 Å². The molecule has 3 nitrogen and oxygen atoms in total. The van der Waals surface area contributed by atoms with Crippen molar-refractivity contribution in [3.05, 3.63) is 20.3 Å². The summed E-state index contributed by atoms with van der Waals surface area (Å²) in [6.45, 7) is 0.783. The molecule has 1 unspecified atom stereocenters. The van der Waals surface area contributed by atoms with Crippen LogP contribution in [0.1, 0.15) is 16.8 Å². The van der Waals surface area contributed by atoms with E-state index in [1.807, 2.05) is 11.8 Å². The van der Waals surface area contributed by atoms with Crippen molar-refractivity contribution in [1.29, 1.82) is 0 Å². The summed E-state index contributed by atoms with van der Waals surface area (Å²) >= 11 is 14.9. The Hall–Kier alpha value is 0.0600. The highest BCUT2D eigenvalue weighted by Gasteiger charge is 2.29. The van der Waals surface area contributed by atoms with Crippen molar-refractivity contribution in [2.45, 2.75) is 12.5 Å². The molecule has 2 rings (SSSR count). The Morgan fingerprint density at radius 2 is 2.33 bits per heavy atom. The Labute approximate surface area is 124 Å². The van der Waals surface area contributed by atoms with Crippen LogP contribution in [0.3, 0.4) is 0 Å². The van der Waals surface area contributed by atoms with Gasteiger partial charge in [0.25, 0.3) is 5.91 Å². The summed E-state index contributed by atoms with van der Waals surface area (Å²) < 4.78 is 0.958. The first-order valence-electron chi connectivity index (χ1n) is 5.58. The third-order valence-corrected chi connectivity index (χ3v) is 5.42. The predicted molar refractivity (Wildman–Crippen MR) is 78.2 cm³/mol. The average Bonchev–Trinajstić information content (AvgIpc) is 2.69. The lowest BCUT2D eigenvalue weighted by molar-refractivity contribution is 0.0679. The van der Waals surface area contributed by atoms with E-state index in [-0.39, 0.29) is 18.6 Å². The summed E-state index contributed by atoms with van der Waals surface area (Å²) in [4.78, 5) is 14.2. The molecule has 1 aliphatic heterocycles. The van der Waals surface area contributed by atoms with Crippen LogP contribution in [0.15, 0.2) is 6.07 Å². The van der Waals surface area contributed by atoms with Crippen LogP contribution in [0.4, 0.5) is 0 Å². The summed E-state index contributed by atoms with van der Waals surface area (Å²) in [5.74, 6) is 1.70. The number of thioether (sulfide) groups is 1. The number of hydrogen-bond donors (Lipinski definition) is 1. The molecule has 1 fully saturated rings. The molecule has 0 radical (unpaired) electrons. The zero-order valence-corrected chi connectivity index (χ0v) is 12.7. The average molecular weight is 326 g/mol. The lowest BCUT2D eigenvalue weighted by Gasteiger charge is -2.35. The van der Waals surface area contributed by atoms with Crippen LogP contribution in [0.25, 0.3) is 0 Å². The topological polar surface area (TPSA) is 40.5 Å². The fourth-order valence-electron chi connectivity index (χ4n) is 1.95. The minimum absolute atomic E-state index is 0.0796. The van der Waals surface area contributed by atoms with E-state index in [0.717, 1.165) is 11.5 Å². The number of amides is 1. The standard InChI is InChI=1S/C11H13Cl2NO2S2/c12-9-5-8(10(13)18-9)11(16)14-2-4-17-6-7(14)1-3-15/h5,7,15H,1-4,6H2. The number of carbonyl (C=O) groups is 1. The maximum atomic E-state index is 12.4. The van der Waals surface area contributed by atoms with E-state index in [0.29, 0.717) is 27.2 Å². The molecule has 0 aliphatic carbocycles. The highest BCUT2D eigenvalue weighted by molar-refractivity contribution is 7.99. The monoisotopic (exact) mass is 325 g/mol. The van der Waals surface area contributed by atoms with E-state index in [1.165, 1.54) is 11.3 Å². The number of aliphatic hydroxyl groups excluding tert-OH is 1. The third-order valence-electron chi connectivity index (χ3n) is 2.84. The fraction of sp³-hybridized carbons (Fsp3) is 0.545. The Kier molecular flexibility index (Phi) is 5.21. The van der Waals surface area contributed by atoms with Gasteiger partial charge in [0, 0.05) is 30.7 Å². The van der Waals surface area contributed by atoms with Gasteiger partial charge in [0.15, 0.2) is 0 Å². The van der Waals surface area contributed by atoms with Crippen molar-refractivity contribution in [2.24, 2.45) is 0 Å². The van der Waals surface area contributed by atoms with Gasteiger partial charge in [-0.15, -0.1) is 11.3 Å². The molecule has 18 heavy (non-hydrogen) atoms. The highest BCUT2D eigenvalue weighted by atomic mass is 35.5. The fourth-order valence-corrected chi connectivity index (χ4v) is 4.51. The van der Waals surface area contributed by atoms with Gasteiger partial charge < -0.3 is 10.0 Å². The number of carbonyl (C=O) groups excluding carboxylic acids is 1.